The minimum Gasteiger partial charge on any atom is -0.445 e. The zero-order chi connectivity index (χ0) is 17.2. The molecule has 0 unspecified atom stereocenters. The minimum absolute atomic E-state index is 0.103. The average molecular weight is 322 g/mol. The highest BCUT2D eigenvalue weighted by atomic mass is 16.6. The van der Waals surface area contributed by atoms with Crippen LogP contribution in [-0.2, 0) is 16.1 Å². The number of likely N-dealkylation sites (N-methyl/N-ethyl adjacent to an activating group) is 3. The predicted molar refractivity (Wildman–Crippen MR) is 90.4 cm³/mol. The molecule has 7 heteroatoms. The van der Waals surface area contributed by atoms with Crippen LogP contribution >= 0.6 is 0 Å². The summed E-state index contributed by atoms with van der Waals surface area (Å²) in [7, 11) is 7.34. The molecular weight excluding hydrogens is 296 g/mol. The van der Waals surface area contributed by atoms with Gasteiger partial charge >= 0.3 is 6.09 Å². The lowest BCUT2D eigenvalue weighted by Crippen LogP contribution is -2.33. The van der Waals surface area contributed by atoms with Crippen LogP contribution in [0.3, 0.4) is 0 Å². The summed E-state index contributed by atoms with van der Waals surface area (Å²) in [5.74, 6) is -0.103. The lowest BCUT2D eigenvalue weighted by atomic mass is 10.2. The number of carbonyl (C=O) groups excluding carboxylic acids is 2. The van der Waals surface area contributed by atoms with Crippen molar-refractivity contribution in [3.63, 3.8) is 0 Å². The fourth-order valence-corrected chi connectivity index (χ4v) is 1.75. The molecule has 1 aromatic rings. The molecule has 0 fully saturated rings. The summed E-state index contributed by atoms with van der Waals surface area (Å²) in [6.07, 6.45) is -0.349. The molecule has 0 spiro atoms. The summed E-state index contributed by atoms with van der Waals surface area (Å²) in [4.78, 5) is 26.8. The van der Waals surface area contributed by atoms with E-state index in [0.717, 1.165) is 12.1 Å². The van der Waals surface area contributed by atoms with Gasteiger partial charge in [0.15, 0.2) is 0 Å². The van der Waals surface area contributed by atoms with Crippen LogP contribution in [0.15, 0.2) is 24.3 Å². The molecule has 0 radical (unpaired) electrons. The maximum atomic E-state index is 11.8. The Morgan fingerprint density at radius 1 is 1.09 bits per heavy atom. The zero-order valence-corrected chi connectivity index (χ0v) is 14.3. The maximum Gasteiger partial charge on any atom is 0.409 e. The summed E-state index contributed by atoms with van der Waals surface area (Å²) in [6.45, 7) is 1.86. The number of hydrogen-bond donors (Lipinski definition) is 2. The van der Waals surface area contributed by atoms with Gasteiger partial charge < -0.3 is 25.2 Å². The van der Waals surface area contributed by atoms with Gasteiger partial charge in [-0.05, 0) is 38.8 Å². The highest BCUT2D eigenvalue weighted by molar-refractivity contribution is 5.92. The van der Waals surface area contributed by atoms with Gasteiger partial charge in [-0.2, -0.15) is 0 Å². The first kappa shape index (κ1) is 18.9. The Kier molecular flexibility index (Phi) is 8.07. The molecule has 23 heavy (non-hydrogen) atoms. The highest BCUT2D eigenvalue weighted by Gasteiger charge is 2.10. The van der Waals surface area contributed by atoms with E-state index in [2.05, 4.69) is 10.6 Å². The van der Waals surface area contributed by atoms with Crippen LogP contribution in [0.2, 0.25) is 0 Å². The molecule has 128 valence electrons. The lowest BCUT2D eigenvalue weighted by Gasteiger charge is -2.19. The minimum atomic E-state index is -0.349. The Morgan fingerprint density at radius 3 is 2.30 bits per heavy atom. The van der Waals surface area contributed by atoms with Crippen molar-refractivity contribution in [3.05, 3.63) is 29.8 Å². The lowest BCUT2D eigenvalue weighted by molar-refractivity contribution is -0.115. The van der Waals surface area contributed by atoms with Crippen molar-refractivity contribution in [3.8, 4) is 0 Å². The number of hydrogen-bond acceptors (Lipinski definition) is 5. The fraction of sp³-hybridized carbons (Fsp3) is 0.500. The molecule has 7 nitrogen and oxygen atoms in total. The van der Waals surface area contributed by atoms with E-state index < -0.39 is 0 Å². The van der Waals surface area contributed by atoms with Gasteiger partial charge in [0, 0.05) is 25.8 Å². The normalized spacial score (nSPS) is 10.5. The van der Waals surface area contributed by atoms with E-state index in [9.17, 15) is 9.59 Å². The van der Waals surface area contributed by atoms with E-state index in [4.69, 9.17) is 4.74 Å². The van der Waals surface area contributed by atoms with Crippen molar-refractivity contribution < 1.29 is 14.3 Å². The Balaban J connectivity index is 2.40. The van der Waals surface area contributed by atoms with Crippen molar-refractivity contribution in [2.24, 2.45) is 0 Å². The van der Waals surface area contributed by atoms with Gasteiger partial charge in [-0.1, -0.05) is 12.1 Å². The summed E-state index contributed by atoms with van der Waals surface area (Å²) >= 11 is 0. The second-order valence-corrected chi connectivity index (χ2v) is 5.55. The van der Waals surface area contributed by atoms with Crippen molar-refractivity contribution in [2.45, 2.75) is 6.61 Å². The number of rotatable bonds is 8. The molecule has 2 amide bonds. The third-order valence-electron chi connectivity index (χ3n) is 3.13. The van der Waals surface area contributed by atoms with Crippen molar-refractivity contribution in [1.82, 2.24) is 15.1 Å². The summed E-state index contributed by atoms with van der Waals surface area (Å²) in [5.41, 5.74) is 1.58. The van der Waals surface area contributed by atoms with E-state index in [1.54, 1.807) is 31.1 Å². The first-order valence-electron chi connectivity index (χ1n) is 7.48. The first-order chi connectivity index (χ1) is 10.9. The number of amides is 2. The molecule has 1 aromatic carbocycles. The number of anilines is 1. The van der Waals surface area contributed by atoms with Gasteiger partial charge in [0.05, 0.1) is 6.54 Å². The number of ether oxygens (including phenoxy) is 1. The van der Waals surface area contributed by atoms with Crippen LogP contribution in [0.1, 0.15) is 5.56 Å². The topological polar surface area (TPSA) is 73.9 Å². The number of carbonyl (C=O) groups is 2. The second-order valence-electron chi connectivity index (χ2n) is 5.55. The molecule has 2 N–H and O–H groups in total. The summed E-state index contributed by atoms with van der Waals surface area (Å²) in [5, 5.41) is 5.54. The molecule has 0 aliphatic carbocycles. The molecule has 0 aromatic heterocycles. The van der Waals surface area contributed by atoms with Gasteiger partial charge in [-0.3, -0.25) is 4.79 Å². The Hall–Kier alpha value is -2.12. The quantitative estimate of drug-likeness (QED) is 0.746. The SMILES string of the molecule is CNCC(=O)Nc1ccc(COC(=O)N(C)CCN(C)C)cc1. The largest absolute Gasteiger partial charge is 0.445 e. The molecule has 0 saturated carbocycles. The van der Waals surface area contributed by atoms with Crippen LogP contribution in [0.4, 0.5) is 10.5 Å². The fourth-order valence-electron chi connectivity index (χ4n) is 1.75. The van der Waals surface area contributed by atoms with Crippen molar-refractivity contribution in [2.75, 3.05) is 53.1 Å². The van der Waals surface area contributed by atoms with E-state index in [1.165, 1.54) is 0 Å². The summed E-state index contributed by atoms with van der Waals surface area (Å²) in [6, 6.07) is 7.21. The van der Waals surface area contributed by atoms with Crippen molar-refractivity contribution in [1.29, 1.82) is 0 Å². The van der Waals surface area contributed by atoms with E-state index in [-0.39, 0.29) is 25.2 Å². The predicted octanol–water partition coefficient (Wildman–Crippen LogP) is 0.975. The van der Waals surface area contributed by atoms with E-state index in [0.29, 0.717) is 12.2 Å². The molecular formula is C16H26N4O3. The van der Waals surface area contributed by atoms with Gasteiger partial charge in [-0.25, -0.2) is 4.79 Å². The molecule has 0 aliphatic heterocycles. The Bertz CT molecular complexity index is 503. The number of nitrogens with one attached hydrogen (secondary N) is 2. The average Bonchev–Trinajstić information content (AvgIpc) is 2.51. The van der Waals surface area contributed by atoms with Crippen molar-refractivity contribution >= 4 is 17.7 Å². The van der Waals surface area contributed by atoms with Crippen LogP contribution in [0.5, 0.6) is 0 Å². The van der Waals surface area contributed by atoms with Crippen LogP contribution in [-0.4, -0.2) is 69.6 Å². The number of nitrogens with zero attached hydrogens (tertiary/aromatic N) is 2. The van der Waals surface area contributed by atoms with Gasteiger partial charge in [0.1, 0.15) is 6.61 Å². The molecule has 0 heterocycles. The van der Waals surface area contributed by atoms with Gasteiger partial charge in [-0.15, -0.1) is 0 Å². The van der Waals surface area contributed by atoms with Crippen LogP contribution < -0.4 is 10.6 Å². The van der Waals surface area contributed by atoms with Crippen LogP contribution in [0.25, 0.3) is 0 Å². The maximum absolute atomic E-state index is 11.8. The molecule has 0 aliphatic rings. The first-order valence-corrected chi connectivity index (χ1v) is 7.48. The molecule has 0 saturated heterocycles. The molecule has 0 atom stereocenters. The smallest absolute Gasteiger partial charge is 0.409 e. The Labute approximate surface area is 137 Å². The van der Waals surface area contributed by atoms with E-state index >= 15 is 0 Å². The summed E-state index contributed by atoms with van der Waals surface area (Å²) < 4.78 is 5.25. The Morgan fingerprint density at radius 2 is 1.74 bits per heavy atom. The van der Waals surface area contributed by atoms with Gasteiger partial charge in [0.2, 0.25) is 5.91 Å². The third-order valence-corrected chi connectivity index (χ3v) is 3.13. The second kappa shape index (κ2) is 9.81. The van der Waals surface area contributed by atoms with E-state index in [1.807, 2.05) is 31.1 Å². The third kappa shape index (κ3) is 7.62. The molecule has 0 bridgehead atoms. The highest BCUT2D eigenvalue weighted by Crippen LogP contribution is 2.10. The zero-order valence-electron chi connectivity index (χ0n) is 14.3. The number of benzene rings is 1. The van der Waals surface area contributed by atoms with Crippen LogP contribution in [0, 0.1) is 0 Å². The standard InChI is InChI=1S/C16H26N4O3/c1-17-11-15(21)18-14-7-5-13(6-8-14)12-23-16(22)20(4)10-9-19(2)3/h5-8,17H,9-12H2,1-4H3,(H,18,21). The monoisotopic (exact) mass is 322 g/mol. The van der Waals surface area contributed by atoms with Gasteiger partial charge in [0.25, 0.3) is 0 Å². The molecule has 1 rings (SSSR count).